The Morgan fingerprint density at radius 2 is 1.09 bits per heavy atom. The average Bonchev–Trinajstić information content (AvgIpc) is 2.78. The summed E-state index contributed by atoms with van der Waals surface area (Å²) >= 11 is 0. The smallest absolute Gasteiger partial charge is 0.314 e. The van der Waals surface area contributed by atoms with Crippen molar-refractivity contribution < 1.29 is 23.7 Å². The largest absolute Gasteiger partial charge is 0.462 e. The number of carbonyl (C=O) groups is 1. The van der Waals surface area contributed by atoms with Crippen molar-refractivity contribution in [2.75, 3.05) is 6.61 Å². The van der Waals surface area contributed by atoms with E-state index in [0.717, 1.165) is 51.4 Å². The minimum absolute atomic E-state index is 0.0323. The van der Waals surface area contributed by atoms with E-state index in [4.69, 9.17) is 18.9 Å². The van der Waals surface area contributed by atoms with Gasteiger partial charge in [-0.15, -0.1) is 0 Å². The minimum Gasteiger partial charge on any atom is -0.462 e. The molecule has 0 fully saturated rings. The molecular formula is C30H60O5. The van der Waals surface area contributed by atoms with Crippen LogP contribution in [0.3, 0.4) is 0 Å². The van der Waals surface area contributed by atoms with Crippen LogP contribution < -0.4 is 0 Å². The topological polar surface area (TPSA) is 54.0 Å². The first-order valence-electron chi connectivity index (χ1n) is 14.3. The lowest BCUT2D eigenvalue weighted by Crippen LogP contribution is -2.54. The maximum Gasteiger partial charge on any atom is 0.314 e. The van der Waals surface area contributed by atoms with E-state index in [-0.39, 0.29) is 29.3 Å². The van der Waals surface area contributed by atoms with Crippen LogP contribution in [0.1, 0.15) is 148 Å². The number of ether oxygens (including phenoxy) is 4. The maximum absolute atomic E-state index is 13.6. The predicted molar refractivity (Wildman–Crippen MR) is 146 cm³/mol. The fourth-order valence-corrected chi connectivity index (χ4v) is 4.51. The van der Waals surface area contributed by atoms with E-state index in [1.807, 2.05) is 0 Å². The zero-order chi connectivity index (χ0) is 27.6. The van der Waals surface area contributed by atoms with Gasteiger partial charge >= 0.3 is 5.97 Å². The van der Waals surface area contributed by atoms with Crippen LogP contribution in [0.25, 0.3) is 0 Å². The molecule has 0 aromatic rings. The molecular weight excluding hydrogens is 440 g/mol. The monoisotopic (exact) mass is 500 g/mol. The average molecular weight is 501 g/mol. The van der Waals surface area contributed by atoms with Gasteiger partial charge in [0.15, 0.2) is 0 Å². The number of hydrogen-bond acceptors (Lipinski definition) is 5. The number of carbonyl (C=O) groups excluding carboxylic acids is 1. The van der Waals surface area contributed by atoms with E-state index in [9.17, 15) is 4.79 Å². The fourth-order valence-electron chi connectivity index (χ4n) is 4.51. The Kier molecular flexibility index (Phi) is 14.1. The third-order valence-electron chi connectivity index (χ3n) is 7.53. The van der Waals surface area contributed by atoms with Crippen molar-refractivity contribution >= 4 is 5.97 Å². The Hall–Kier alpha value is -0.650. The van der Waals surface area contributed by atoms with Gasteiger partial charge in [-0.05, 0) is 62.2 Å². The molecule has 5 heteroatoms. The van der Waals surface area contributed by atoms with Crippen LogP contribution in [0.2, 0.25) is 0 Å². The van der Waals surface area contributed by atoms with Gasteiger partial charge in [-0.1, -0.05) is 90.0 Å². The molecule has 0 N–H and O–H groups in total. The number of hydrogen-bond donors (Lipinski definition) is 0. The molecule has 0 saturated carbocycles. The molecule has 0 amide bonds. The van der Waals surface area contributed by atoms with Gasteiger partial charge in [-0.25, -0.2) is 0 Å². The van der Waals surface area contributed by atoms with Crippen molar-refractivity contribution in [2.45, 2.75) is 171 Å². The highest BCUT2D eigenvalue weighted by molar-refractivity contribution is 5.70. The Labute approximate surface area is 218 Å². The molecule has 0 aromatic heterocycles. The van der Waals surface area contributed by atoms with E-state index >= 15 is 0 Å². The van der Waals surface area contributed by atoms with E-state index in [2.05, 4.69) is 90.0 Å². The summed E-state index contributed by atoms with van der Waals surface area (Å²) in [6.07, 6.45) is 6.11. The molecule has 0 aliphatic rings. The quantitative estimate of drug-likeness (QED) is 0.147. The molecule has 0 rings (SSSR count). The summed E-state index contributed by atoms with van der Waals surface area (Å²) < 4.78 is 26.2. The molecule has 0 aliphatic heterocycles. The van der Waals surface area contributed by atoms with Crippen LogP contribution in [-0.2, 0) is 23.7 Å². The second-order valence-corrected chi connectivity index (χ2v) is 12.5. The van der Waals surface area contributed by atoms with Crippen molar-refractivity contribution in [3.05, 3.63) is 0 Å². The van der Waals surface area contributed by atoms with Crippen LogP contribution in [0.5, 0.6) is 0 Å². The first-order chi connectivity index (χ1) is 16.0. The molecule has 0 bridgehead atoms. The maximum atomic E-state index is 13.6. The van der Waals surface area contributed by atoms with Crippen molar-refractivity contribution in [3.8, 4) is 0 Å². The summed E-state index contributed by atoms with van der Waals surface area (Å²) in [6, 6.07) is 0. The highest BCUT2D eigenvalue weighted by Gasteiger charge is 2.49. The van der Waals surface area contributed by atoms with Crippen LogP contribution in [0.15, 0.2) is 0 Å². The second kappa shape index (κ2) is 14.3. The van der Waals surface area contributed by atoms with Gasteiger partial charge in [0, 0.05) is 0 Å². The van der Waals surface area contributed by atoms with Gasteiger partial charge in [0.1, 0.15) is 12.5 Å². The summed E-state index contributed by atoms with van der Waals surface area (Å²) in [5, 5.41) is 0. The highest BCUT2D eigenvalue weighted by atomic mass is 16.9. The van der Waals surface area contributed by atoms with Gasteiger partial charge in [0.25, 0.3) is 5.97 Å². The van der Waals surface area contributed by atoms with E-state index < -0.39 is 17.2 Å². The van der Waals surface area contributed by atoms with Gasteiger partial charge in [-0.2, -0.15) is 0 Å². The van der Waals surface area contributed by atoms with Crippen molar-refractivity contribution in [3.63, 3.8) is 0 Å². The molecule has 0 heterocycles. The molecule has 0 aromatic carbocycles. The summed E-state index contributed by atoms with van der Waals surface area (Å²) in [4.78, 5) is 13.6. The molecule has 0 aliphatic carbocycles. The SMILES string of the molecule is CCCOC(CC(=O)OC(CC(C)(C)C)C(C)(C)C)(OC(CC)(CC)CC)OC(CC)(CC)CC. The van der Waals surface area contributed by atoms with E-state index in [1.165, 1.54) is 0 Å². The lowest BCUT2D eigenvalue weighted by Gasteiger charge is -2.47. The van der Waals surface area contributed by atoms with Crippen LogP contribution in [0.4, 0.5) is 0 Å². The van der Waals surface area contributed by atoms with E-state index in [0.29, 0.717) is 6.61 Å². The Morgan fingerprint density at radius 3 is 1.37 bits per heavy atom. The highest BCUT2D eigenvalue weighted by Crippen LogP contribution is 2.41. The van der Waals surface area contributed by atoms with Crippen LogP contribution >= 0.6 is 0 Å². The molecule has 5 nitrogen and oxygen atoms in total. The van der Waals surface area contributed by atoms with E-state index in [1.54, 1.807) is 0 Å². The summed E-state index contributed by atoms with van der Waals surface area (Å²) in [6.45, 7) is 28.2. The van der Waals surface area contributed by atoms with Gasteiger partial charge in [-0.3, -0.25) is 4.79 Å². The third kappa shape index (κ3) is 11.1. The molecule has 1 unspecified atom stereocenters. The second-order valence-electron chi connectivity index (χ2n) is 12.5. The zero-order valence-electron chi connectivity index (χ0n) is 25.7. The number of rotatable bonds is 17. The summed E-state index contributed by atoms with van der Waals surface area (Å²) in [5.74, 6) is -1.82. The van der Waals surface area contributed by atoms with Crippen LogP contribution in [0, 0.1) is 10.8 Å². The van der Waals surface area contributed by atoms with Gasteiger partial charge < -0.3 is 18.9 Å². The minimum atomic E-state index is -1.48. The van der Waals surface area contributed by atoms with Crippen molar-refractivity contribution in [1.29, 1.82) is 0 Å². The fraction of sp³-hybridized carbons (Fsp3) is 0.967. The lowest BCUT2D eigenvalue weighted by molar-refractivity contribution is -0.439. The normalized spacial score (nSPS) is 14.8. The Bertz CT molecular complexity index is 552. The third-order valence-corrected chi connectivity index (χ3v) is 7.53. The van der Waals surface area contributed by atoms with Gasteiger partial charge in [0.05, 0.1) is 17.8 Å². The molecule has 0 saturated heterocycles. The van der Waals surface area contributed by atoms with Crippen molar-refractivity contribution in [1.82, 2.24) is 0 Å². The Balaban J connectivity index is 6.44. The Morgan fingerprint density at radius 1 is 0.686 bits per heavy atom. The molecule has 0 spiro atoms. The predicted octanol–water partition coefficient (Wildman–Crippen LogP) is 8.82. The van der Waals surface area contributed by atoms with Gasteiger partial charge in [0.2, 0.25) is 0 Å². The summed E-state index contributed by atoms with van der Waals surface area (Å²) in [5.41, 5.74) is -1.03. The van der Waals surface area contributed by atoms with Crippen LogP contribution in [-0.4, -0.2) is 35.9 Å². The standard InChI is InChI=1S/C30H60O5/c1-14-21-32-30(34-28(15-2,16-3)17-4,35-29(18-5,19-6)20-7)23-25(31)33-24(27(11,12)13)22-26(8,9)10/h24H,14-23H2,1-13H3. The lowest BCUT2D eigenvalue weighted by atomic mass is 9.78. The summed E-state index contributed by atoms with van der Waals surface area (Å²) in [7, 11) is 0. The molecule has 210 valence electrons. The molecule has 0 radical (unpaired) electrons. The first kappa shape index (κ1) is 34.4. The zero-order valence-corrected chi connectivity index (χ0v) is 25.7. The molecule has 35 heavy (non-hydrogen) atoms. The number of esters is 1. The van der Waals surface area contributed by atoms with Crippen molar-refractivity contribution in [2.24, 2.45) is 10.8 Å². The molecule has 1 atom stereocenters. The first-order valence-corrected chi connectivity index (χ1v) is 14.3.